The number of carbonyl (C=O) groups is 1. The molecule has 1 aromatic rings. The van der Waals surface area contributed by atoms with Gasteiger partial charge in [0.2, 0.25) is 5.91 Å². The molecule has 0 saturated heterocycles. The topological polar surface area (TPSA) is 44.1 Å². The zero-order valence-electron chi connectivity index (χ0n) is 10.9. The third-order valence-electron chi connectivity index (χ3n) is 3.22. The van der Waals surface area contributed by atoms with E-state index < -0.39 is 0 Å². The van der Waals surface area contributed by atoms with Crippen LogP contribution < -0.4 is 4.90 Å². The van der Waals surface area contributed by atoms with E-state index >= 15 is 0 Å². The second-order valence-electron chi connectivity index (χ2n) is 4.26. The van der Waals surface area contributed by atoms with Gasteiger partial charge in [0, 0.05) is 25.6 Å². The summed E-state index contributed by atoms with van der Waals surface area (Å²) >= 11 is 0. The fourth-order valence-electron chi connectivity index (χ4n) is 1.77. The molecular weight excluding hydrogens is 212 g/mol. The fraction of sp³-hybridized carbons (Fsp3) is 0.429. The van der Waals surface area contributed by atoms with Crippen LogP contribution in [0, 0.1) is 32.1 Å². The van der Waals surface area contributed by atoms with Crippen molar-refractivity contribution < 1.29 is 4.79 Å². The monoisotopic (exact) mass is 230 g/mol. The van der Waals surface area contributed by atoms with Crippen LogP contribution in [-0.4, -0.2) is 13.0 Å². The van der Waals surface area contributed by atoms with Crippen molar-refractivity contribution in [2.24, 2.45) is 0 Å². The van der Waals surface area contributed by atoms with Gasteiger partial charge in [0.25, 0.3) is 0 Å². The van der Waals surface area contributed by atoms with Crippen LogP contribution in [0.25, 0.3) is 0 Å². The van der Waals surface area contributed by atoms with Crippen LogP contribution in [0.3, 0.4) is 0 Å². The SMILES string of the molecule is Cc1ccc(N(C)C(=O)CCC#N)c(C)c1C. The average Bonchev–Trinajstić information content (AvgIpc) is 2.32. The zero-order chi connectivity index (χ0) is 13.0. The Hall–Kier alpha value is -1.82. The molecule has 1 rings (SSSR count). The Labute approximate surface area is 103 Å². The highest BCUT2D eigenvalue weighted by Gasteiger charge is 2.14. The predicted molar refractivity (Wildman–Crippen MR) is 68.9 cm³/mol. The first-order valence-electron chi connectivity index (χ1n) is 5.69. The number of amides is 1. The van der Waals surface area contributed by atoms with Gasteiger partial charge in [0.05, 0.1) is 6.07 Å². The second-order valence-corrected chi connectivity index (χ2v) is 4.26. The first kappa shape index (κ1) is 13.2. The minimum absolute atomic E-state index is 0.0158. The van der Waals surface area contributed by atoms with Gasteiger partial charge in [0.1, 0.15) is 0 Å². The Kier molecular flexibility index (Phi) is 4.28. The minimum Gasteiger partial charge on any atom is -0.315 e. The summed E-state index contributed by atoms with van der Waals surface area (Å²) in [6.45, 7) is 6.14. The molecule has 90 valence electrons. The normalized spacial score (nSPS) is 9.82. The molecule has 3 nitrogen and oxygen atoms in total. The van der Waals surface area contributed by atoms with Crippen LogP contribution in [0.4, 0.5) is 5.69 Å². The summed E-state index contributed by atoms with van der Waals surface area (Å²) in [5, 5.41) is 8.48. The number of carbonyl (C=O) groups excluding carboxylic acids is 1. The van der Waals surface area contributed by atoms with Gasteiger partial charge in [-0.15, -0.1) is 0 Å². The first-order valence-corrected chi connectivity index (χ1v) is 5.69. The van der Waals surface area contributed by atoms with E-state index in [1.807, 2.05) is 25.1 Å². The van der Waals surface area contributed by atoms with Crippen molar-refractivity contribution in [3.63, 3.8) is 0 Å². The third-order valence-corrected chi connectivity index (χ3v) is 3.22. The van der Waals surface area contributed by atoms with E-state index in [0.29, 0.717) is 0 Å². The van der Waals surface area contributed by atoms with Crippen molar-refractivity contribution in [1.29, 1.82) is 5.26 Å². The van der Waals surface area contributed by atoms with Crippen molar-refractivity contribution in [3.05, 3.63) is 28.8 Å². The van der Waals surface area contributed by atoms with E-state index in [1.54, 1.807) is 11.9 Å². The van der Waals surface area contributed by atoms with Gasteiger partial charge >= 0.3 is 0 Å². The highest BCUT2D eigenvalue weighted by Crippen LogP contribution is 2.24. The second kappa shape index (κ2) is 5.49. The molecule has 0 atom stereocenters. The maximum atomic E-state index is 11.8. The van der Waals surface area contributed by atoms with Gasteiger partial charge in [-0.25, -0.2) is 0 Å². The molecule has 0 aliphatic rings. The van der Waals surface area contributed by atoms with Crippen molar-refractivity contribution in [2.75, 3.05) is 11.9 Å². The smallest absolute Gasteiger partial charge is 0.227 e. The van der Waals surface area contributed by atoms with Gasteiger partial charge in [-0.05, 0) is 43.5 Å². The number of benzene rings is 1. The molecule has 0 bridgehead atoms. The Morgan fingerprint density at radius 1 is 1.29 bits per heavy atom. The van der Waals surface area contributed by atoms with Gasteiger partial charge in [-0.1, -0.05) is 6.07 Å². The molecular formula is C14H18N2O. The molecule has 0 radical (unpaired) electrons. The quantitative estimate of drug-likeness (QED) is 0.801. The summed E-state index contributed by atoms with van der Waals surface area (Å²) in [6.07, 6.45) is 0.548. The third kappa shape index (κ3) is 2.85. The van der Waals surface area contributed by atoms with Gasteiger partial charge in [-0.3, -0.25) is 4.79 Å². The number of nitrogens with zero attached hydrogens (tertiary/aromatic N) is 2. The summed E-state index contributed by atoms with van der Waals surface area (Å²) < 4.78 is 0. The molecule has 0 unspecified atom stereocenters. The lowest BCUT2D eigenvalue weighted by atomic mass is 10.0. The van der Waals surface area contributed by atoms with Crippen LogP contribution in [-0.2, 0) is 4.79 Å². The maximum Gasteiger partial charge on any atom is 0.227 e. The highest BCUT2D eigenvalue weighted by atomic mass is 16.2. The molecule has 0 heterocycles. The molecule has 0 aromatic heterocycles. The van der Waals surface area contributed by atoms with E-state index in [0.717, 1.165) is 11.3 Å². The molecule has 0 fully saturated rings. The van der Waals surface area contributed by atoms with Gasteiger partial charge in [0.15, 0.2) is 0 Å². The van der Waals surface area contributed by atoms with Crippen LogP contribution in [0.15, 0.2) is 12.1 Å². The van der Waals surface area contributed by atoms with E-state index in [-0.39, 0.29) is 18.7 Å². The van der Waals surface area contributed by atoms with Gasteiger partial charge < -0.3 is 4.90 Å². The summed E-state index contributed by atoms with van der Waals surface area (Å²) in [7, 11) is 1.76. The summed E-state index contributed by atoms with van der Waals surface area (Å²) in [5.74, 6) is -0.0158. The number of hydrogen-bond acceptors (Lipinski definition) is 2. The Balaban J connectivity index is 2.97. The van der Waals surface area contributed by atoms with E-state index in [2.05, 4.69) is 13.8 Å². The molecule has 1 amide bonds. The van der Waals surface area contributed by atoms with Crippen LogP contribution >= 0.6 is 0 Å². The molecule has 0 spiro atoms. The van der Waals surface area contributed by atoms with Crippen molar-refractivity contribution in [2.45, 2.75) is 33.6 Å². The van der Waals surface area contributed by atoms with Gasteiger partial charge in [-0.2, -0.15) is 5.26 Å². The molecule has 17 heavy (non-hydrogen) atoms. The maximum absolute atomic E-state index is 11.8. The summed E-state index contributed by atoms with van der Waals surface area (Å²) in [5.41, 5.74) is 4.49. The fourth-order valence-corrected chi connectivity index (χ4v) is 1.77. The van der Waals surface area contributed by atoms with Crippen molar-refractivity contribution >= 4 is 11.6 Å². The summed E-state index contributed by atoms with van der Waals surface area (Å²) in [6, 6.07) is 5.97. The van der Waals surface area contributed by atoms with E-state index in [4.69, 9.17) is 5.26 Å². The molecule has 0 N–H and O–H groups in total. The van der Waals surface area contributed by atoms with Crippen molar-refractivity contribution in [3.8, 4) is 6.07 Å². The number of anilines is 1. The standard InChI is InChI=1S/C14H18N2O/c1-10-7-8-13(12(3)11(10)2)16(4)14(17)6-5-9-15/h7-8H,5-6H2,1-4H3. The minimum atomic E-state index is -0.0158. The lowest BCUT2D eigenvalue weighted by Crippen LogP contribution is -2.26. The number of hydrogen-bond donors (Lipinski definition) is 0. The predicted octanol–water partition coefficient (Wildman–Crippen LogP) is 2.88. The average molecular weight is 230 g/mol. The molecule has 0 aliphatic heterocycles. The zero-order valence-corrected chi connectivity index (χ0v) is 10.9. The Bertz CT molecular complexity index is 472. The summed E-state index contributed by atoms with van der Waals surface area (Å²) in [4.78, 5) is 13.5. The Morgan fingerprint density at radius 2 is 1.94 bits per heavy atom. The van der Waals surface area contributed by atoms with E-state index in [1.165, 1.54) is 11.1 Å². The van der Waals surface area contributed by atoms with Crippen LogP contribution in [0.1, 0.15) is 29.5 Å². The largest absolute Gasteiger partial charge is 0.315 e. The van der Waals surface area contributed by atoms with E-state index in [9.17, 15) is 4.79 Å². The lowest BCUT2D eigenvalue weighted by Gasteiger charge is -2.21. The van der Waals surface area contributed by atoms with Crippen LogP contribution in [0.2, 0.25) is 0 Å². The first-order chi connectivity index (χ1) is 7.99. The number of aryl methyl sites for hydroxylation is 1. The molecule has 1 aromatic carbocycles. The highest BCUT2D eigenvalue weighted by molar-refractivity contribution is 5.93. The Morgan fingerprint density at radius 3 is 2.53 bits per heavy atom. The molecule has 3 heteroatoms. The number of rotatable bonds is 3. The van der Waals surface area contributed by atoms with Crippen molar-refractivity contribution in [1.82, 2.24) is 0 Å². The molecule has 0 aliphatic carbocycles. The molecule has 0 saturated carbocycles. The number of nitriles is 1. The van der Waals surface area contributed by atoms with Crippen LogP contribution in [0.5, 0.6) is 0 Å². The lowest BCUT2D eigenvalue weighted by molar-refractivity contribution is -0.118.